The number of rotatable bonds is 3. The fourth-order valence-corrected chi connectivity index (χ4v) is 2.33. The van der Waals surface area contributed by atoms with Gasteiger partial charge in [0, 0.05) is 19.4 Å². The van der Waals surface area contributed by atoms with Crippen LogP contribution in [0.5, 0.6) is 0 Å². The summed E-state index contributed by atoms with van der Waals surface area (Å²) in [7, 11) is 0. The Kier molecular flexibility index (Phi) is 2.93. The highest BCUT2D eigenvalue weighted by molar-refractivity contribution is 5.88. The molecule has 5 heteroatoms. The first-order valence-electron chi connectivity index (χ1n) is 6.12. The summed E-state index contributed by atoms with van der Waals surface area (Å²) >= 11 is 0. The first-order chi connectivity index (χ1) is 8.83. The average Bonchev–Trinajstić information content (AvgIpc) is 2.89. The summed E-state index contributed by atoms with van der Waals surface area (Å²) in [5, 5.41) is 14.0. The summed E-state index contributed by atoms with van der Waals surface area (Å²) in [6.07, 6.45) is 4.91. The number of pyridine rings is 1. The predicted molar refractivity (Wildman–Crippen MR) is 67.5 cm³/mol. The van der Waals surface area contributed by atoms with Gasteiger partial charge in [0.25, 0.3) is 0 Å². The molecule has 2 aromatic heterocycles. The molecule has 3 heterocycles. The molecule has 0 radical (unpaired) electrons. The van der Waals surface area contributed by atoms with Crippen LogP contribution < -0.4 is 5.32 Å². The van der Waals surface area contributed by atoms with Gasteiger partial charge >= 0.3 is 0 Å². The molecule has 0 aromatic carbocycles. The van der Waals surface area contributed by atoms with Crippen LogP contribution in [0.1, 0.15) is 12.8 Å². The molecule has 1 aliphatic rings. The molecule has 1 aliphatic heterocycles. The monoisotopic (exact) mass is 248 g/mol. The lowest BCUT2D eigenvalue weighted by atomic mass is 9.91. The van der Waals surface area contributed by atoms with Gasteiger partial charge in [0.1, 0.15) is 11.4 Å². The Morgan fingerprint density at radius 3 is 2.94 bits per heavy atom. The first-order valence-corrected chi connectivity index (χ1v) is 6.12. The largest absolute Gasteiger partial charge is 0.464 e. The normalized spacial score (nSPS) is 18.9. The topological polar surface area (TPSA) is 67.5 Å². The van der Waals surface area contributed by atoms with Gasteiger partial charge in [-0.2, -0.15) is 0 Å². The summed E-state index contributed by atoms with van der Waals surface area (Å²) in [6, 6.07) is 3.71. The molecule has 1 fully saturated rings. The Labute approximate surface area is 105 Å². The molecule has 0 atom stereocenters. The highest BCUT2D eigenvalue weighted by atomic mass is 16.5. The maximum Gasteiger partial charge on any atom is 0.139 e. The van der Waals surface area contributed by atoms with Crippen LogP contribution in [0.3, 0.4) is 0 Å². The number of aliphatic hydroxyl groups is 1. The van der Waals surface area contributed by atoms with Crippen molar-refractivity contribution in [1.29, 1.82) is 0 Å². The standard InChI is InChI=1S/C13H16N2O3/c16-9-13(3-7-17-8-4-13)15-12-10-2-6-18-11(10)1-5-14-12/h1-2,5-6,16H,3-4,7-9H2,(H,14,15). The van der Waals surface area contributed by atoms with Gasteiger partial charge in [-0.25, -0.2) is 4.98 Å². The first kappa shape index (κ1) is 11.5. The minimum absolute atomic E-state index is 0.0757. The number of nitrogens with one attached hydrogen (secondary N) is 1. The van der Waals surface area contributed by atoms with E-state index in [1.54, 1.807) is 12.5 Å². The molecule has 96 valence electrons. The van der Waals surface area contributed by atoms with Crippen molar-refractivity contribution in [2.75, 3.05) is 25.1 Å². The molecule has 0 amide bonds. The molecule has 0 unspecified atom stereocenters. The SMILES string of the molecule is OCC1(Nc2nccc3occc23)CCOCC1. The van der Waals surface area contributed by atoms with Crippen molar-refractivity contribution in [2.24, 2.45) is 0 Å². The lowest BCUT2D eigenvalue weighted by molar-refractivity contribution is 0.0379. The van der Waals surface area contributed by atoms with E-state index in [0.717, 1.165) is 29.6 Å². The van der Waals surface area contributed by atoms with Gasteiger partial charge < -0.3 is 19.6 Å². The minimum Gasteiger partial charge on any atom is -0.464 e. The van der Waals surface area contributed by atoms with Crippen molar-refractivity contribution in [3.63, 3.8) is 0 Å². The van der Waals surface area contributed by atoms with Crippen LogP contribution in [0.2, 0.25) is 0 Å². The van der Waals surface area contributed by atoms with E-state index in [1.165, 1.54) is 0 Å². The number of furan rings is 1. The molecule has 0 spiro atoms. The molecule has 0 saturated carbocycles. The molecule has 5 nitrogen and oxygen atoms in total. The lowest BCUT2D eigenvalue weighted by Gasteiger charge is -2.36. The molecule has 3 rings (SSSR count). The highest BCUT2D eigenvalue weighted by Crippen LogP contribution is 2.29. The zero-order valence-corrected chi connectivity index (χ0v) is 10.1. The second-order valence-corrected chi connectivity index (χ2v) is 4.67. The van der Waals surface area contributed by atoms with Crippen LogP contribution in [0.4, 0.5) is 5.82 Å². The van der Waals surface area contributed by atoms with E-state index in [-0.39, 0.29) is 12.1 Å². The molecule has 0 bridgehead atoms. The van der Waals surface area contributed by atoms with E-state index >= 15 is 0 Å². The Morgan fingerprint density at radius 1 is 1.33 bits per heavy atom. The second-order valence-electron chi connectivity index (χ2n) is 4.67. The van der Waals surface area contributed by atoms with E-state index in [1.807, 2.05) is 12.1 Å². The number of anilines is 1. The average molecular weight is 248 g/mol. The maximum atomic E-state index is 9.66. The molecule has 18 heavy (non-hydrogen) atoms. The van der Waals surface area contributed by atoms with E-state index in [4.69, 9.17) is 9.15 Å². The summed E-state index contributed by atoms with van der Waals surface area (Å²) in [5.41, 5.74) is 0.462. The van der Waals surface area contributed by atoms with Crippen LogP contribution >= 0.6 is 0 Å². The van der Waals surface area contributed by atoms with E-state index in [0.29, 0.717) is 13.2 Å². The quantitative estimate of drug-likeness (QED) is 0.866. The molecular weight excluding hydrogens is 232 g/mol. The van der Waals surface area contributed by atoms with Crippen LogP contribution in [0.25, 0.3) is 11.0 Å². The number of aliphatic hydroxyl groups excluding tert-OH is 1. The fourth-order valence-electron chi connectivity index (χ4n) is 2.33. The zero-order valence-electron chi connectivity index (χ0n) is 10.1. The third kappa shape index (κ3) is 1.95. The Balaban J connectivity index is 1.92. The summed E-state index contributed by atoms with van der Waals surface area (Å²) in [4.78, 5) is 4.34. The van der Waals surface area contributed by atoms with Crippen LogP contribution in [0, 0.1) is 0 Å². The number of aromatic nitrogens is 1. The van der Waals surface area contributed by atoms with Crippen molar-refractivity contribution < 1.29 is 14.3 Å². The Morgan fingerprint density at radius 2 is 2.17 bits per heavy atom. The second kappa shape index (κ2) is 4.59. The number of fused-ring (bicyclic) bond motifs is 1. The van der Waals surface area contributed by atoms with E-state index < -0.39 is 0 Å². The van der Waals surface area contributed by atoms with Crippen LogP contribution in [-0.2, 0) is 4.74 Å². The predicted octanol–water partition coefficient (Wildman–Crippen LogP) is 1.78. The Bertz CT molecular complexity index is 532. The summed E-state index contributed by atoms with van der Waals surface area (Å²) in [5.74, 6) is 0.761. The maximum absolute atomic E-state index is 9.66. The molecule has 1 saturated heterocycles. The van der Waals surface area contributed by atoms with Crippen molar-refractivity contribution in [2.45, 2.75) is 18.4 Å². The Hall–Kier alpha value is -1.59. The zero-order chi connectivity index (χ0) is 12.4. The van der Waals surface area contributed by atoms with Crippen molar-refractivity contribution >= 4 is 16.8 Å². The van der Waals surface area contributed by atoms with E-state index in [2.05, 4.69) is 10.3 Å². The third-order valence-corrected chi connectivity index (χ3v) is 3.52. The number of nitrogens with zero attached hydrogens (tertiary/aromatic N) is 1. The van der Waals surface area contributed by atoms with Gasteiger partial charge in [0.05, 0.1) is 23.8 Å². The van der Waals surface area contributed by atoms with Crippen molar-refractivity contribution in [3.8, 4) is 0 Å². The van der Waals surface area contributed by atoms with Crippen LogP contribution in [0.15, 0.2) is 29.0 Å². The molecule has 0 aliphatic carbocycles. The van der Waals surface area contributed by atoms with Gasteiger partial charge in [0.15, 0.2) is 0 Å². The van der Waals surface area contributed by atoms with Gasteiger partial charge in [-0.1, -0.05) is 0 Å². The number of ether oxygens (including phenoxy) is 1. The summed E-state index contributed by atoms with van der Waals surface area (Å²) < 4.78 is 10.7. The van der Waals surface area contributed by atoms with Gasteiger partial charge in [-0.05, 0) is 25.0 Å². The third-order valence-electron chi connectivity index (χ3n) is 3.52. The van der Waals surface area contributed by atoms with Gasteiger partial charge in [-0.15, -0.1) is 0 Å². The molecular formula is C13H16N2O3. The van der Waals surface area contributed by atoms with Gasteiger partial charge in [-0.3, -0.25) is 0 Å². The van der Waals surface area contributed by atoms with Crippen molar-refractivity contribution in [3.05, 3.63) is 24.6 Å². The lowest BCUT2D eigenvalue weighted by Crippen LogP contribution is -2.47. The number of hydrogen-bond acceptors (Lipinski definition) is 5. The van der Waals surface area contributed by atoms with Gasteiger partial charge in [0.2, 0.25) is 0 Å². The van der Waals surface area contributed by atoms with Crippen LogP contribution in [-0.4, -0.2) is 35.5 Å². The van der Waals surface area contributed by atoms with E-state index in [9.17, 15) is 5.11 Å². The summed E-state index contributed by atoms with van der Waals surface area (Å²) in [6.45, 7) is 1.40. The molecule has 2 aromatic rings. The smallest absolute Gasteiger partial charge is 0.139 e. The number of hydrogen-bond donors (Lipinski definition) is 2. The van der Waals surface area contributed by atoms with Crippen molar-refractivity contribution in [1.82, 2.24) is 4.98 Å². The highest BCUT2D eigenvalue weighted by Gasteiger charge is 2.32. The fraction of sp³-hybridized carbons (Fsp3) is 0.462. The molecule has 2 N–H and O–H groups in total. The minimum atomic E-state index is -0.337.